The molecule has 4 nitrogen and oxygen atoms in total. The smallest absolute Gasteiger partial charge is 0.267 e. The number of fused-ring (bicyclic) bond motifs is 1. The average molecular weight is 308 g/mol. The molecule has 0 spiro atoms. The summed E-state index contributed by atoms with van der Waals surface area (Å²) in [5.74, 6) is 0.688. The summed E-state index contributed by atoms with van der Waals surface area (Å²) >= 11 is 0. The summed E-state index contributed by atoms with van der Waals surface area (Å²) in [5.41, 5.74) is 3.68. The highest BCUT2D eigenvalue weighted by atomic mass is 16.5. The predicted octanol–water partition coefficient (Wildman–Crippen LogP) is 3.81. The number of nitrogens with one attached hydrogen (secondary N) is 2. The van der Waals surface area contributed by atoms with Crippen molar-refractivity contribution in [3.63, 3.8) is 0 Å². The number of carbonyl (C=O) groups excluding carboxylic acids is 1. The molecule has 0 saturated carbocycles. The van der Waals surface area contributed by atoms with Crippen molar-refractivity contribution in [3.8, 4) is 5.75 Å². The molecule has 0 aliphatic rings. The fourth-order valence-corrected chi connectivity index (χ4v) is 2.58. The SMILES string of the molecule is CCOc1ccccc1CNC(=O)c1cc2ccc(C)cc2[nH]1. The molecule has 2 N–H and O–H groups in total. The molecule has 0 unspecified atom stereocenters. The van der Waals surface area contributed by atoms with E-state index in [0.29, 0.717) is 18.8 Å². The zero-order valence-corrected chi connectivity index (χ0v) is 13.3. The first kappa shape index (κ1) is 15.2. The maximum absolute atomic E-state index is 12.4. The highest BCUT2D eigenvalue weighted by Crippen LogP contribution is 2.19. The van der Waals surface area contributed by atoms with Crippen LogP contribution in [0.3, 0.4) is 0 Å². The minimum atomic E-state index is -0.120. The van der Waals surface area contributed by atoms with E-state index in [4.69, 9.17) is 4.74 Å². The molecule has 0 aliphatic heterocycles. The van der Waals surface area contributed by atoms with E-state index < -0.39 is 0 Å². The van der Waals surface area contributed by atoms with Crippen LogP contribution in [0.4, 0.5) is 0 Å². The lowest BCUT2D eigenvalue weighted by Crippen LogP contribution is -2.23. The summed E-state index contributed by atoms with van der Waals surface area (Å²) in [6, 6.07) is 15.7. The van der Waals surface area contributed by atoms with Crippen LogP contribution in [0.1, 0.15) is 28.5 Å². The summed E-state index contributed by atoms with van der Waals surface area (Å²) < 4.78 is 5.58. The van der Waals surface area contributed by atoms with Crippen LogP contribution >= 0.6 is 0 Å². The number of aromatic nitrogens is 1. The van der Waals surface area contributed by atoms with Crippen molar-refractivity contribution in [2.75, 3.05) is 6.61 Å². The fourth-order valence-electron chi connectivity index (χ4n) is 2.58. The van der Waals surface area contributed by atoms with Gasteiger partial charge in [0.2, 0.25) is 0 Å². The van der Waals surface area contributed by atoms with Gasteiger partial charge in [0.25, 0.3) is 5.91 Å². The lowest BCUT2D eigenvalue weighted by atomic mass is 10.2. The van der Waals surface area contributed by atoms with Crippen LogP contribution in [-0.4, -0.2) is 17.5 Å². The highest BCUT2D eigenvalue weighted by Gasteiger charge is 2.10. The molecule has 3 rings (SSSR count). The Hall–Kier alpha value is -2.75. The van der Waals surface area contributed by atoms with E-state index in [0.717, 1.165) is 27.8 Å². The number of benzene rings is 2. The Balaban J connectivity index is 1.73. The van der Waals surface area contributed by atoms with E-state index in [9.17, 15) is 4.79 Å². The largest absolute Gasteiger partial charge is 0.494 e. The maximum Gasteiger partial charge on any atom is 0.267 e. The Morgan fingerprint density at radius 3 is 2.83 bits per heavy atom. The normalized spacial score (nSPS) is 10.7. The van der Waals surface area contributed by atoms with Crippen molar-refractivity contribution in [2.45, 2.75) is 20.4 Å². The summed E-state index contributed by atoms with van der Waals surface area (Å²) in [7, 11) is 0. The van der Waals surface area contributed by atoms with Gasteiger partial charge in [-0.15, -0.1) is 0 Å². The third kappa shape index (κ3) is 3.37. The second kappa shape index (κ2) is 6.57. The zero-order valence-electron chi connectivity index (χ0n) is 13.3. The van der Waals surface area contributed by atoms with Crippen LogP contribution in [-0.2, 0) is 6.54 Å². The van der Waals surface area contributed by atoms with E-state index >= 15 is 0 Å². The molecule has 23 heavy (non-hydrogen) atoms. The number of amides is 1. The third-order valence-electron chi connectivity index (χ3n) is 3.73. The van der Waals surface area contributed by atoms with Gasteiger partial charge in [-0.05, 0) is 37.6 Å². The van der Waals surface area contributed by atoms with Crippen LogP contribution < -0.4 is 10.1 Å². The summed E-state index contributed by atoms with van der Waals surface area (Å²) in [6.45, 7) is 5.02. The molecule has 1 aromatic heterocycles. The molecule has 1 heterocycles. The van der Waals surface area contributed by atoms with Gasteiger partial charge in [-0.2, -0.15) is 0 Å². The highest BCUT2D eigenvalue weighted by molar-refractivity contribution is 5.98. The van der Waals surface area contributed by atoms with E-state index in [1.807, 2.05) is 62.4 Å². The first-order valence-corrected chi connectivity index (χ1v) is 7.75. The van der Waals surface area contributed by atoms with E-state index in [1.54, 1.807) is 0 Å². The molecule has 0 fully saturated rings. The van der Waals surface area contributed by atoms with Gasteiger partial charge in [-0.25, -0.2) is 0 Å². The third-order valence-corrected chi connectivity index (χ3v) is 3.73. The minimum Gasteiger partial charge on any atom is -0.494 e. The zero-order chi connectivity index (χ0) is 16.2. The number of rotatable bonds is 5. The van der Waals surface area contributed by atoms with Gasteiger partial charge in [0.1, 0.15) is 11.4 Å². The predicted molar refractivity (Wildman–Crippen MR) is 91.8 cm³/mol. The number of aryl methyl sites for hydroxylation is 1. The van der Waals surface area contributed by atoms with Crippen molar-refractivity contribution in [2.24, 2.45) is 0 Å². The van der Waals surface area contributed by atoms with Gasteiger partial charge in [-0.1, -0.05) is 30.3 Å². The number of carbonyl (C=O) groups is 1. The van der Waals surface area contributed by atoms with Crippen molar-refractivity contribution in [1.29, 1.82) is 0 Å². The van der Waals surface area contributed by atoms with Gasteiger partial charge in [-0.3, -0.25) is 4.79 Å². The molecule has 1 amide bonds. The van der Waals surface area contributed by atoms with Gasteiger partial charge in [0.05, 0.1) is 6.61 Å². The van der Waals surface area contributed by atoms with Crippen molar-refractivity contribution < 1.29 is 9.53 Å². The number of ether oxygens (including phenoxy) is 1. The van der Waals surface area contributed by atoms with Gasteiger partial charge >= 0.3 is 0 Å². The quantitative estimate of drug-likeness (QED) is 0.753. The molecule has 3 aromatic rings. The molecule has 0 aliphatic carbocycles. The van der Waals surface area contributed by atoms with Gasteiger partial charge in [0, 0.05) is 23.0 Å². The fraction of sp³-hybridized carbons (Fsp3) is 0.211. The number of H-pyrrole nitrogens is 1. The molecule has 4 heteroatoms. The number of aromatic amines is 1. The Morgan fingerprint density at radius 1 is 1.17 bits per heavy atom. The van der Waals surface area contributed by atoms with E-state index in [-0.39, 0.29) is 5.91 Å². The molecule has 2 aromatic carbocycles. The second-order valence-corrected chi connectivity index (χ2v) is 5.50. The number of para-hydroxylation sites is 1. The first-order valence-electron chi connectivity index (χ1n) is 7.75. The lowest BCUT2D eigenvalue weighted by molar-refractivity contribution is 0.0946. The van der Waals surface area contributed by atoms with Crippen molar-refractivity contribution >= 4 is 16.8 Å². The standard InChI is InChI=1S/C19H20N2O2/c1-3-23-18-7-5-4-6-15(18)12-20-19(22)17-11-14-9-8-13(2)10-16(14)21-17/h4-11,21H,3,12H2,1-2H3,(H,20,22). The molecule has 118 valence electrons. The van der Waals surface area contributed by atoms with Crippen LogP contribution in [0.5, 0.6) is 5.75 Å². The van der Waals surface area contributed by atoms with Gasteiger partial charge in [0.15, 0.2) is 0 Å². The average Bonchev–Trinajstić information content (AvgIpc) is 2.97. The second-order valence-electron chi connectivity index (χ2n) is 5.50. The first-order chi connectivity index (χ1) is 11.2. The Labute approximate surface area is 135 Å². The molecular weight excluding hydrogens is 288 g/mol. The van der Waals surface area contributed by atoms with Crippen LogP contribution in [0.15, 0.2) is 48.5 Å². The molecular formula is C19H20N2O2. The molecule has 0 radical (unpaired) electrons. The van der Waals surface area contributed by atoms with Crippen LogP contribution in [0.2, 0.25) is 0 Å². The Kier molecular flexibility index (Phi) is 4.33. The number of hydrogen-bond donors (Lipinski definition) is 2. The maximum atomic E-state index is 12.4. The van der Waals surface area contributed by atoms with Crippen LogP contribution in [0, 0.1) is 6.92 Å². The summed E-state index contributed by atoms with van der Waals surface area (Å²) in [4.78, 5) is 15.5. The Morgan fingerprint density at radius 2 is 2.00 bits per heavy atom. The lowest BCUT2D eigenvalue weighted by Gasteiger charge is -2.10. The van der Waals surface area contributed by atoms with Crippen LogP contribution in [0.25, 0.3) is 10.9 Å². The minimum absolute atomic E-state index is 0.120. The van der Waals surface area contributed by atoms with E-state index in [2.05, 4.69) is 10.3 Å². The Bertz CT molecular complexity index is 836. The van der Waals surface area contributed by atoms with Gasteiger partial charge < -0.3 is 15.0 Å². The monoisotopic (exact) mass is 308 g/mol. The number of hydrogen-bond acceptors (Lipinski definition) is 2. The topological polar surface area (TPSA) is 54.1 Å². The van der Waals surface area contributed by atoms with E-state index in [1.165, 1.54) is 0 Å². The summed E-state index contributed by atoms with van der Waals surface area (Å²) in [5, 5.41) is 3.98. The molecule has 0 bridgehead atoms. The summed E-state index contributed by atoms with van der Waals surface area (Å²) in [6.07, 6.45) is 0. The molecule has 0 atom stereocenters. The van der Waals surface area contributed by atoms with Crippen molar-refractivity contribution in [1.82, 2.24) is 10.3 Å². The van der Waals surface area contributed by atoms with Crippen molar-refractivity contribution in [3.05, 3.63) is 65.4 Å². The molecule has 0 saturated heterocycles.